The van der Waals surface area contributed by atoms with Gasteiger partial charge < -0.3 is 20.1 Å². The summed E-state index contributed by atoms with van der Waals surface area (Å²) in [5.41, 5.74) is 2.26. The van der Waals surface area contributed by atoms with Crippen LogP contribution < -0.4 is 15.4 Å². The van der Waals surface area contributed by atoms with Crippen LogP contribution in [0.5, 0.6) is 5.88 Å². The van der Waals surface area contributed by atoms with Crippen LogP contribution in [0.3, 0.4) is 0 Å². The number of nitrogens with zero attached hydrogens (tertiary/aromatic N) is 2. The van der Waals surface area contributed by atoms with Crippen molar-refractivity contribution in [1.29, 1.82) is 0 Å². The summed E-state index contributed by atoms with van der Waals surface area (Å²) in [5.74, 6) is 1.37. The molecule has 2 rings (SSSR count). The maximum absolute atomic E-state index is 5.87. The normalized spacial score (nSPS) is 12.5. The molecule has 6 heteroatoms. The van der Waals surface area contributed by atoms with Crippen molar-refractivity contribution in [1.82, 2.24) is 15.6 Å². The van der Waals surface area contributed by atoms with Crippen LogP contribution in [0.25, 0.3) is 0 Å². The van der Waals surface area contributed by atoms with Crippen LogP contribution in [0, 0.1) is 0 Å². The lowest BCUT2D eigenvalue weighted by molar-refractivity contribution is 0.0646. The Kier molecular flexibility index (Phi) is 8.42. The van der Waals surface area contributed by atoms with Gasteiger partial charge in [0, 0.05) is 39.0 Å². The Morgan fingerprint density at radius 1 is 1.15 bits per heavy atom. The van der Waals surface area contributed by atoms with Gasteiger partial charge in [-0.1, -0.05) is 36.4 Å². The molecular formula is C20H28N4O2. The number of aliphatic imine (C=N–C) groups is 1. The van der Waals surface area contributed by atoms with Crippen LogP contribution in [0.1, 0.15) is 30.6 Å². The summed E-state index contributed by atoms with van der Waals surface area (Å²) in [6.45, 7) is 4.22. The first-order valence-electron chi connectivity index (χ1n) is 8.83. The second kappa shape index (κ2) is 11.1. The number of nitrogens with one attached hydrogen (secondary N) is 2. The van der Waals surface area contributed by atoms with Gasteiger partial charge in [-0.25, -0.2) is 4.98 Å². The fourth-order valence-electron chi connectivity index (χ4n) is 2.40. The summed E-state index contributed by atoms with van der Waals surface area (Å²) in [7, 11) is 3.37. The molecule has 26 heavy (non-hydrogen) atoms. The van der Waals surface area contributed by atoms with E-state index < -0.39 is 0 Å². The smallest absolute Gasteiger partial charge is 0.212 e. The van der Waals surface area contributed by atoms with Gasteiger partial charge in [0.1, 0.15) is 0 Å². The molecule has 1 aromatic carbocycles. The maximum atomic E-state index is 5.87. The molecule has 2 N–H and O–H groups in total. The van der Waals surface area contributed by atoms with E-state index in [1.54, 1.807) is 20.4 Å². The standard InChI is InChI=1S/C20H28N4O2/c1-16(18-8-5-4-6-9-18)26-13-7-12-22-20(21-2)24-15-17-10-11-19(25-3)23-14-17/h4-6,8-11,14,16H,7,12-13,15H2,1-3H3,(H2,21,22,24). The van der Waals surface area contributed by atoms with Crippen LogP contribution >= 0.6 is 0 Å². The molecule has 0 aliphatic rings. The average Bonchev–Trinajstić information content (AvgIpc) is 2.71. The molecule has 0 radical (unpaired) electrons. The molecule has 140 valence electrons. The van der Waals surface area contributed by atoms with E-state index in [9.17, 15) is 0 Å². The lowest BCUT2D eigenvalue weighted by atomic mass is 10.1. The molecular weight excluding hydrogens is 328 g/mol. The average molecular weight is 356 g/mol. The van der Waals surface area contributed by atoms with Gasteiger partial charge in [-0.15, -0.1) is 0 Å². The van der Waals surface area contributed by atoms with Crippen LogP contribution in [0.4, 0.5) is 0 Å². The van der Waals surface area contributed by atoms with E-state index in [1.807, 2.05) is 30.3 Å². The molecule has 1 unspecified atom stereocenters. The predicted octanol–water partition coefficient (Wildman–Crippen LogP) is 2.92. The molecule has 1 aromatic heterocycles. The topological polar surface area (TPSA) is 67.8 Å². The van der Waals surface area contributed by atoms with Gasteiger partial charge in [0.25, 0.3) is 0 Å². The molecule has 0 spiro atoms. The summed E-state index contributed by atoms with van der Waals surface area (Å²) < 4.78 is 10.9. The molecule has 0 aliphatic carbocycles. The van der Waals surface area contributed by atoms with Gasteiger partial charge in [0.05, 0.1) is 13.2 Å². The number of pyridine rings is 1. The summed E-state index contributed by atoms with van der Waals surface area (Å²) >= 11 is 0. The zero-order valence-electron chi connectivity index (χ0n) is 15.7. The number of hydrogen-bond donors (Lipinski definition) is 2. The van der Waals surface area contributed by atoms with Gasteiger partial charge in [-0.05, 0) is 24.5 Å². The van der Waals surface area contributed by atoms with Crippen molar-refractivity contribution < 1.29 is 9.47 Å². The summed E-state index contributed by atoms with van der Waals surface area (Å²) in [6.07, 6.45) is 2.80. The Morgan fingerprint density at radius 2 is 1.96 bits per heavy atom. The van der Waals surface area contributed by atoms with Gasteiger partial charge in [0.2, 0.25) is 5.88 Å². The molecule has 0 bridgehead atoms. The minimum absolute atomic E-state index is 0.108. The highest BCUT2D eigenvalue weighted by atomic mass is 16.5. The van der Waals surface area contributed by atoms with Crippen molar-refractivity contribution in [3.8, 4) is 5.88 Å². The van der Waals surface area contributed by atoms with Crippen molar-refractivity contribution in [2.24, 2.45) is 4.99 Å². The third kappa shape index (κ3) is 6.72. The van der Waals surface area contributed by atoms with Crippen molar-refractivity contribution in [2.45, 2.75) is 26.0 Å². The zero-order chi connectivity index (χ0) is 18.6. The zero-order valence-corrected chi connectivity index (χ0v) is 15.7. The summed E-state index contributed by atoms with van der Waals surface area (Å²) in [6, 6.07) is 14.1. The Bertz CT molecular complexity index is 659. The first kappa shape index (κ1) is 19.7. The Morgan fingerprint density at radius 3 is 2.62 bits per heavy atom. The van der Waals surface area contributed by atoms with Crippen molar-refractivity contribution in [3.63, 3.8) is 0 Å². The van der Waals surface area contributed by atoms with E-state index >= 15 is 0 Å². The number of benzene rings is 1. The van der Waals surface area contributed by atoms with E-state index in [0.717, 1.165) is 24.5 Å². The summed E-state index contributed by atoms with van der Waals surface area (Å²) in [5, 5.41) is 6.56. The fourth-order valence-corrected chi connectivity index (χ4v) is 2.40. The molecule has 6 nitrogen and oxygen atoms in total. The number of methoxy groups -OCH3 is 1. The monoisotopic (exact) mass is 356 g/mol. The maximum Gasteiger partial charge on any atom is 0.212 e. The minimum atomic E-state index is 0.108. The molecule has 2 aromatic rings. The fraction of sp³-hybridized carbons (Fsp3) is 0.400. The van der Waals surface area contributed by atoms with Crippen LogP contribution in [0.15, 0.2) is 53.7 Å². The lowest BCUT2D eigenvalue weighted by Gasteiger charge is -2.15. The number of ether oxygens (including phenoxy) is 2. The molecule has 0 fully saturated rings. The minimum Gasteiger partial charge on any atom is -0.481 e. The molecule has 0 saturated heterocycles. The highest BCUT2D eigenvalue weighted by Crippen LogP contribution is 2.15. The first-order valence-corrected chi connectivity index (χ1v) is 8.83. The van der Waals surface area contributed by atoms with Gasteiger partial charge in [-0.3, -0.25) is 4.99 Å². The SMILES string of the molecule is CN=C(NCCCOC(C)c1ccccc1)NCc1ccc(OC)nc1. The van der Waals surface area contributed by atoms with E-state index in [2.05, 4.69) is 39.7 Å². The van der Waals surface area contributed by atoms with Gasteiger partial charge in [-0.2, -0.15) is 0 Å². The second-order valence-electron chi connectivity index (χ2n) is 5.84. The molecule has 0 saturated carbocycles. The highest BCUT2D eigenvalue weighted by molar-refractivity contribution is 5.79. The molecule has 0 amide bonds. The number of guanidine groups is 1. The van der Waals surface area contributed by atoms with Gasteiger partial charge >= 0.3 is 0 Å². The van der Waals surface area contributed by atoms with Crippen LogP contribution in [-0.4, -0.2) is 38.3 Å². The number of rotatable bonds is 9. The first-order chi connectivity index (χ1) is 12.7. The Balaban J connectivity index is 1.62. The third-order valence-electron chi connectivity index (χ3n) is 3.94. The second-order valence-corrected chi connectivity index (χ2v) is 5.84. The van der Waals surface area contributed by atoms with Crippen molar-refractivity contribution >= 4 is 5.96 Å². The summed E-state index contributed by atoms with van der Waals surface area (Å²) in [4.78, 5) is 8.42. The number of hydrogen-bond acceptors (Lipinski definition) is 4. The van der Waals surface area contributed by atoms with Crippen LogP contribution in [-0.2, 0) is 11.3 Å². The Labute approximate surface area is 155 Å². The molecule has 1 heterocycles. The Hall–Kier alpha value is -2.60. The lowest BCUT2D eigenvalue weighted by Crippen LogP contribution is -2.37. The third-order valence-corrected chi connectivity index (χ3v) is 3.94. The van der Waals surface area contributed by atoms with Gasteiger partial charge in [0.15, 0.2) is 5.96 Å². The van der Waals surface area contributed by atoms with Crippen LogP contribution in [0.2, 0.25) is 0 Å². The molecule has 0 aliphatic heterocycles. The van der Waals surface area contributed by atoms with E-state index in [0.29, 0.717) is 19.0 Å². The predicted molar refractivity (Wildman–Crippen MR) is 104 cm³/mol. The van der Waals surface area contributed by atoms with E-state index in [-0.39, 0.29) is 6.10 Å². The van der Waals surface area contributed by atoms with E-state index in [1.165, 1.54) is 5.56 Å². The number of aromatic nitrogens is 1. The highest BCUT2D eigenvalue weighted by Gasteiger charge is 2.04. The van der Waals surface area contributed by atoms with Crippen molar-refractivity contribution in [3.05, 3.63) is 59.8 Å². The van der Waals surface area contributed by atoms with E-state index in [4.69, 9.17) is 9.47 Å². The van der Waals surface area contributed by atoms with Crippen molar-refractivity contribution in [2.75, 3.05) is 27.3 Å². The quantitative estimate of drug-likeness (QED) is 0.411. The molecule has 1 atom stereocenters. The largest absolute Gasteiger partial charge is 0.481 e.